The molecular weight excluding hydrogens is 899 g/mol. The summed E-state index contributed by atoms with van der Waals surface area (Å²) in [4.78, 5) is 15.3. The van der Waals surface area contributed by atoms with Crippen molar-refractivity contribution >= 4 is 54.3 Å². The van der Waals surface area contributed by atoms with Gasteiger partial charge in [-0.15, -0.1) is 0 Å². The number of hydrogen-bond donors (Lipinski definition) is 0. The first-order valence-electron chi connectivity index (χ1n) is 25.3. The van der Waals surface area contributed by atoms with Crippen molar-refractivity contribution in [2.24, 2.45) is 0 Å². The standard InChI is InChI=1S/C70H41N3O/c1-3-17-42(18-4-1)67-71-68(43-19-5-2-6-20-43)73-69(72-67)55-27-16-32-64-66(55)58-40-45(35-38-63(58)74-64)44-33-36-50-48-21-7-8-22-49(48)51-37-34-46(41-57(51)56(50)39-44)47-26-15-31-62-65(47)54-25-11-14-30-61(54)70(62)59-28-12-9-23-52(59)53-24-10-13-29-60(53)70/h1-41H. The molecule has 0 aliphatic heterocycles. The van der Waals surface area contributed by atoms with Crippen molar-refractivity contribution in [3.63, 3.8) is 0 Å². The lowest BCUT2D eigenvalue weighted by Crippen LogP contribution is -2.25. The quantitative estimate of drug-likeness (QED) is 0.161. The third kappa shape index (κ3) is 5.76. The summed E-state index contributed by atoms with van der Waals surface area (Å²) in [5.74, 6) is 1.83. The maximum atomic E-state index is 6.61. The van der Waals surface area contributed by atoms with Gasteiger partial charge in [0.25, 0.3) is 0 Å². The van der Waals surface area contributed by atoms with Crippen molar-refractivity contribution in [3.05, 3.63) is 271 Å². The van der Waals surface area contributed by atoms with E-state index in [0.29, 0.717) is 17.5 Å². The number of benzene rings is 12. The van der Waals surface area contributed by atoms with E-state index in [1.807, 2.05) is 72.8 Å². The molecule has 12 aromatic carbocycles. The number of hydrogen-bond acceptors (Lipinski definition) is 4. The molecule has 0 atom stereocenters. The predicted octanol–water partition coefficient (Wildman–Crippen LogP) is 17.9. The zero-order valence-corrected chi connectivity index (χ0v) is 39.9. The average molecular weight is 940 g/mol. The van der Waals surface area contributed by atoms with Gasteiger partial charge in [-0.3, -0.25) is 0 Å². The summed E-state index contributed by atoms with van der Waals surface area (Å²) in [7, 11) is 0. The molecule has 2 aliphatic rings. The van der Waals surface area contributed by atoms with E-state index in [1.165, 1.54) is 88.0 Å². The Morgan fingerprint density at radius 3 is 1.35 bits per heavy atom. The van der Waals surface area contributed by atoms with Gasteiger partial charge in [-0.25, -0.2) is 15.0 Å². The van der Waals surface area contributed by atoms with Crippen molar-refractivity contribution in [2.75, 3.05) is 0 Å². The monoisotopic (exact) mass is 939 g/mol. The van der Waals surface area contributed by atoms with E-state index in [4.69, 9.17) is 19.4 Å². The van der Waals surface area contributed by atoms with Crippen LogP contribution in [-0.4, -0.2) is 15.0 Å². The van der Waals surface area contributed by atoms with Crippen LogP contribution in [0.1, 0.15) is 22.3 Å². The van der Waals surface area contributed by atoms with Crippen molar-refractivity contribution in [2.45, 2.75) is 5.41 Å². The van der Waals surface area contributed by atoms with E-state index in [-0.39, 0.29) is 0 Å². The summed E-state index contributed by atoms with van der Waals surface area (Å²) in [6.07, 6.45) is 0. The van der Waals surface area contributed by atoms with Crippen LogP contribution in [0, 0.1) is 0 Å². The smallest absolute Gasteiger partial charge is 0.164 e. The van der Waals surface area contributed by atoms with Gasteiger partial charge < -0.3 is 4.42 Å². The summed E-state index contributed by atoms with van der Waals surface area (Å²) in [5.41, 5.74) is 19.2. The molecule has 0 saturated heterocycles. The number of aromatic nitrogens is 3. The molecule has 4 nitrogen and oxygen atoms in total. The highest BCUT2D eigenvalue weighted by molar-refractivity contribution is 6.26. The summed E-state index contributed by atoms with van der Waals surface area (Å²) in [6, 6.07) is 90.1. The van der Waals surface area contributed by atoms with E-state index in [0.717, 1.165) is 49.8 Å². The van der Waals surface area contributed by atoms with Crippen LogP contribution in [0.15, 0.2) is 253 Å². The normalized spacial score (nSPS) is 13.0. The van der Waals surface area contributed by atoms with Crippen molar-refractivity contribution in [1.82, 2.24) is 15.0 Å². The summed E-state index contributed by atoms with van der Waals surface area (Å²) >= 11 is 0. The Labute approximate surface area is 426 Å². The van der Waals surface area contributed by atoms with Gasteiger partial charge in [-0.05, 0) is 129 Å². The van der Waals surface area contributed by atoms with Gasteiger partial charge in [0.2, 0.25) is 0 Å². The molecule has 0 fully saturated rings. The minimum atomic E-state index is -0.409. The topological polar surface area (TPSA) is 51.8 Å². The van der Waals surface area contributed by atoms with Gasteiger partial charge in [0.1, 0.15) is 11.2 Å². The Kier molecular flexibility index (Phi) is 8.63. The molecular formula is C70H41N3O. The van der Waals surface area contributed by atoms with Crippen LogP contribution in [0.2, 0.25) is 0 Å². The van der Waals surface area contributed by atoms with Gasteiger partial charge in [0.15, 0.2) is 17.5 Å². The Hall–Kier alpha value is -9.77. The molecule has 2 aromatic heterocycles. The highest BCUT2D eigenvalue weighted by atomic mass is 16.3. The second-order valence-corrected chi connectivity index (χ2v) is 19.7. The van der Waals surface area contributed by atoms with Gasteiger partial charge in [0, 0.05) is 27.5 Å². The summed E-state index contributed by atoms with van der Waals surface area (Å²) in [5, 5.41) is 9.37. The molecule has 1 spiro atoms. The van der Waals surface area contributed by atoms with Crippen molar-refractivity contribution in [1.29, 1.82) is 0 Å². The fraction of sp³-hybridized carbons (Fsp3) is 0.0143. The van der Waals surface area contributed by atoms with E-state index >= 15 is 0 Å². The average Bonchev–Trinajstić information content (AvgIpc) is 4.25. The molecule has 0 bridgehead atoms. The van der Waals surface area contributed by atoms with Crippen LogP contribution in [0.4, 0.5) is 0 Å². The lowest BCUT2D eigenvalue weighted by molar-refractivity contribution is 0.669. The van der Waals surface area contributed by atoms with Crippen LogP contribution in [0.5, 0.6) is 0 Å². The van der Waals surface area contributed by atoms with Crippen LogP contribution < -0.4 is 0 Å². The van der Waals surface area contributed by atoms with Gasteiger partial charge >= 0.3 is 0 Å². The molecule has 16 rings (SSSR count). The Bertz CT molecular complexity index is 4570. The highest BCUT2D eigenvalue weighted by Crippen LogP contribution is 2.64. The molecule has 4 heteroatoms. The number of nitrogens with zero attached hydrogens (tertiary/aromatic N) is 3. The SMILES string of the molecule is c1ccc(-c2nc(-c3ccccc3)nc(-c3cccc4oc5ccc(-c6ccc7c8ccccc8c8ccc(-c9cccc%10c9-c9ccccc9C%109c%10ccccc%10-c%10ccccc%109)cc8c7c6)cc5c34)n2)cc1. The Morgan fingerprint density at radius 1 is 0.257 bits per heavy atom. The molecule has 74 heavy (non-hydrogen) atoms. The maximum absolute atomic E-state index is 6.61. The predicted molar refractivity (Wildman–Crippen MR) is 303 cm³/mol. The minimum Gasteiger partial charge on any atom is -0.456 e. The Morgan fingerprint density at radius 2 is 0.703 bits per heavy atom. The third-order valence-electron chi connectivity index (χ3n) is 15.9. The van der Waals surface area contributed by atoms with Crippen LogP contribution >= 0.6 is 0 Å². The first-order valence-corrected chi connectivity index (χ1v) is 25.3. The zero-order chi connectivity index (χ0) is 48.5. The fourth-order valence-electron chi connectivity index (χ4n) is 12.8. The third-order valence-corrected chi connectivity index (χ3v) is 15.9. The number of furan rings is 1. The number of fused-ring (bicyclic) bond motifs is 19. The summed E-state index contributed by atoms with van der Waals surface area (Å²) < 4.78 is 6.61. The molecule has 14 aromatic rings. The zero-order valence-electron chi connectivity index (χ0n) is 39.9. The van der Waals surface area contributed by atoms with Crippen LogP contribution in [-0.2, 0) is 5.41 Å². The second kappa shape index (κ2) is 15.6. The molecule has 0 amide bonds. The minimum absolute atomic E-state index is 0.409. The second-order valence-electron chi connectivity index (χ2n) is 19.7. The molecule has 0 unspecified atom stereocenters. The summed E-state index contributed by atoms with van der Waals surface area (Å²) in [6.45, 7) is 0. The largest absolute Gasteiger partial charge is 0.456 e. The van der Waals surface area contributed by atoms with Crippen LogP contribution in [0.3, 0.4) is 0 Å². The number of rotatable bonds is 5. The molecule has 0 N–H and O–H groups in total. The maximum Gasteiger partial charge on any atom is 0.164 e. The molecule has 2 aliphatic carbocycles. The first kappa shape index (κ1) is 40.9. The molecule has 2 heterocycles. The molecule has 0 saturated carbocycles. The van der Waals surface area contributed by atoms with Crippen molar-refractivity contribution < 1.29 is 4.42 Å². The van der Waals surface area contributed by atoms with Gasteiger partial charge in [-0.2, -0.15) is 0 Å². The molecule has 0 radical (unpaired) electrons. The molecule has 342 valence electrons. The fourth-order valence-corrected chi connectivity index (χ4v) is 12.8. The van der Waals surface area contributed by atoms with E-state index in [9.17, 15) is 0 Å². The first-order chi connectivity index (χ1) is 36.7. The lowest BCUT2D eigenvalue weighted by atomic mass is 9.70. The van der Waals surface area contributed by atoms with E-state index < -0.39 is 5.41 Å². The van der Waals surface area contributed by atoms with Gasteiger partial charge in [-0.1, -0.05) is 218 Å². The highest BCUT2D eigenvalue weighted by Gasteiger charge is 2.52. The van der Waals surface area contributed by atoms with Gasteiger partial charge in [0.05, 0.1) is 5.41 Å². The van der Waals surface area contributed by atoms with E-state index in [1.54, 1.807) is 0 Å². The van der Waals surface area contributed by atoms with E-state index in [2.05, 4.69) is 176 Å². The van der Waals surface area contributed by atoms with Crippen LogP contribution in [0.25, 0.3) is 133 Å². The van der Waals surface area contributed by atoms with Crippen molar-refractivity contribution in [3.8, 4) is 78.7 Å². The Balaban J connectivity index is 0.884. The lowest BCUT2D eigenvalue weighted by Gasteiger charge is -2.30.